The van der Waals surface area contributed by atoms with Crippen LogP contribution in [0.1, 0.15) is 0 Å². The zero-order chi connectivity index (χ0) is 7.49. The highest BCUT2D eigenvalue weighted by atomic mass is 31.0. The summed E-state index contributed by atoms with van der Waals surface area (Å²) in [5, 5.41) is 0. The lowest BCUT2D eigenvalue weighted by molar-refractivity contribution is -0.871. The van der Waals surface area contributed by atoms with Crippen molar-refractivity contribution in [1.82, 2.24) is 0 Å². The van der Waals surface area contributed by atoms with Crippen LogP contribution in [0.15, 0.2) is 0 Å². The van der Waals surface area contributed by atoms with Gasteiger partial charge in [0.15, 0.2) is 0 Å². The van der Waals surface area contributed by atoms with Crippen LogP contribution in [-0.4, -0.2) is 38.0 Å². The van der Waals surface area contributed by atoms with Crippen LogP contribution in [0.3, 0.4) is 0 Å². The van der Waals surface area contributed by atoms with Crippen molar-refractivity contribution in [2.45, 2.75) is 5.85 Å². The Balaban J connectivity index is 3.47. The zero-order valence-electron chi connectivity index (χ0n) is 6.29. The Labute approximate surface area is 62.0 Å². The Morgan fingerprint density at radius 1 is 1.44 bits per heavy atom. The minimum atomic E-state index is 0.245. The molecule has 0 saturated heterocycles. The van der Waals surface area contributed by atoms with E-state index in [1.54, 1.807) is 0 Å². The first-order chi connectivity index (χ1) is 3.95. The summed E-state index contributed by atoms with van der Waals surface area (Å²) in [5.74, 6) is 0.245. The molecule has 0 radical (unpaired) electrons. The molecule has 3 unspecified atom stereocenters. The van der Waals surface area contributed by atoms with Crippen LogP contribution in [-0.2, 0) is 4.52 Å². The largest absolute Gasteiger partial charge is 0.353 e. The summed E-state index contributed by atoms with van der Waals surface area (Å²) in [4.78, 5) is 0. The molecule has 0 amide bonds. The van der Waals surface area contributed by atoms with Crippen molar-refractivity contribution in [3.05, 3.63) is 0 Å². The molecule has 0 rings (SSSR count). The highest BCUT2D eigenvalue weighted by Gasteiger charge is 2.11. The molecule has 3 atom stereocenters. The highest BCUT2D eigenvalue weighted by Crippen LogP contribution is 2.09. The van der Waals surface area contributed by atoms with Gasteiger partial charge in [0.1, 0.15) is 12.4 Å². The summed E-state index contributed by atoms with van der Waals surface area (Å²) in [7, 11) is 11.3. The Hall–Kier alpha value is 0.780. The number of rotatable bonds is 3. The monoisotopic (exact) mass is 168 g/mol. The topological polar surface area (TPSA) is 9.23 Å². The average Bonchev–Trinajstić information content (AvgIpc) is 1.62. The van der Waals surface area contributed by atoms with E-state index in [9.17, 15) is 0 Å². The van der Waals surface area contributed by atoms with E-state index in [1.165, 1.54) is 0 Å². The summed E-state index contributed by atoms with van der Waals surface area (Å²) in [5.41, 5.74) is 0. The van der Waals surface area contributed by atoms with Crippen molar-refractivity contribution in [3.63, 3.8) is 0 Å². The van der Waals surface area contributed by atoms with Crippen molar-refractivity contribution in [2.24, 2.45) is 0 Å². The zero-order valence-corrected chi connectivity index (χ0v) is 8.60. The summed E-state index contributed by atoms with van der Waals surface area (Å²) in [6.07, 6.45) is 0. The molecule has 0 aliphatic carbocycles. The Kier molecular flexibility index (Phi) is 4.16. The molecule has 0 fully saturated rings. The first-order valence-electron chi connectivity index (χ1n) is 2.87. The molecule has 4 heteroatoms. The van der Waals surface area contributed by atoms with Gasteiger partial charge in [0, 0.05) is 9.47 Å². The highest BCUT2D eigenvalue weighted by molar-refractivity contribution is 7.19. The van der Waals surface area contributed by atoms with E-state index in [1.807, 2.05) is 0 Å². The second-order valence-electron chi connectivity index (χ2n) is 3.15. The molecule has 2 nitrogen and oxygen atoms in total. The van der Waals surface area contributed by atoms with Crippen LogP contribution >= 0.6 is 18.7 Å². The molecule has 0 aliphatic rings. The fourth-order valence-electron chi connectivity index (χ4n) is 0.583. The van der Waals surface area contributed by atoms with E-state index < -0.39 is 0 Å². The van der Waals surface area contributed by atoms with E-state index in [0.29, 0.717) is 0 Å². The second-order valence-corrected chi connectivity index (χ2v) is 4.16. The number of quaternary nitrogens is 1. The van der Waals surface area contributed by atoms with Crippen LogP contribution in [0, 0.1) is 0 Å². The predicted molar refractivity (Wildman–Crippen MR) is 47.2 cm³/mol. The van der Waals surface area contributed by atoms with Gasteiger partial charge in [-0.25, -0.2) is 0 Å². The molecule has 0 N–H and O–H groups in total. The summed E-state index contributed by atoms with van der Waals surface area (Å²) in [6, 6.07) is 0. The van der Waals surface area contributed by atoms with Crippen LogP contribution in [0.5, 0.6) is 0 Å². The average molecular weight is 168 g/mol. The molecule has 0 aromatic carbocycles. The maximum absolute atomic E-state index is 4.99. The minimum absolute atomic E-state index is 0.245. The van der Waals surface area contributed by atoms with Crippen LogP contribution in [0.2, 0.25) is 0 Å². The number of hydrogen-bond donors (Lipinski definition) is 0. The van der Waals surface area contributed by atoms with Gasteiger partial charge in [0.25, 0.3) is 0 Å². The SMILES string of the molecule is C[N+](C)(C)CC(P)OP. The molecule has 0 bridgehead atoms. The van der Waals surface area contributed by atoms with Gasteiger partial charge < -0.3 is 9.01 Å². The van der Waals surface area contributed by atoms with Crippen LogP contribution < -0.4 is 0 Å². The van der Waals surface area contributed by atoms with Gasteiger partial charge in [0.05, 0.1) is 21.1 Å². The third-order valence-corrected chi connectivity index (χ3v) is 1.93. The van der Waals surface area contributed by atoms with Gasteiger partial charge >= 0.3 is 0 Å². The van der Waals surface area contributed by atoms with Crippen molar-refractivity contribution < 1.29 is 9.01 Å². The maximum Gasteiger partial charge on any atom is 0.123 e. The van der Waals surface area contributed by atoms with Crippen molar-refractivity contribution in [1.29, 1.82) is 0 Å². The lowest BCUT2D eigenvalue weighted by atomic mass is 10.5. The molecule has 0 aromatic rings. The van der Waals surface area contributed by atoms with Crippen molar-refractivity contribution in [3.8, 4) is 0 Å². The smallest absolute Gasteiger partial charge is 0.123 e. The molecular formula is C5H16NOP2+. The van der Waals surface area contributed by atoms with Gasteiger partial charge in [-0.05, 0) is 0 Å². The first kappa shape index (κ1) is 9.78. The Bertz CT molecular complexity index is 81.5. The van der Waals surface area contributed by atoms with Crippen LogP contribution in [0.25, 0.3) is 0 Å². The van der Waals surface area contributed by atoms with Crippen LogP contribution in [0.4, 0.5) is 0 Å². The molecule has 0 saturated carbocycles. The summed E-state index contributed by atoms with van der Waals surface area (Å²) < 4.78 is 5.92. The molecule has 9 heavy (non-hydrogen) atoms. The van der Waals surface area contributed by atoms with Crippen molar-refractivity contribution in [2.75, 3.05) is 27.7 Å². The predicted octanol–water partition coefficient (Wildman–Crippen LogP) is 0.700. The van der Waals surface area contributed by atoms with Gasteiger partial charge in [0.2, 0.25) is 0 Å². The third kappa shape index (κ3) is 6.67. The molecule has 0 aromatic heterocycles. The normalized spacial score (nSPS) is 15.7. The summed E-state index contributed by atoms with van der Waals surface area (Å²) >= 11 is 0. The second kappa shape index (κ2) is 3.83. The molecule has 0 heterocycles. The number of nitrogens with zero attached hydrogens (tertiary/aromatic N) is 1. The van der Waals surface area contributed by atoms with Crippen molar-refractivity contribution >= 4 is 18.7 Å². The molecule has 56 valence electrons. The maximum atomic E-state index is 4.99. The lowest BCUT2D eigenvalue weighted by Gasteiger charge is -2.26. The fraction of sp³-hybridized carbons (Fsp3) is 1.00. The van der Waals surface area contributed by atoms with E-state index in [0.717, 1.165) is 11.0 Å². The Morgan fingerprint density at radius 2 is 1.89 bits per heavy atom. The first-order valence-corrected chi connectivity index (χ1v) is 4.01. The minimum Gasteiger partial charge on any atom is -0.353 e. The Morgan fingerprint density at radius 3 is 2.00 bits per heavy atom. The van der Waals surface area contributed by atoms with Gasteiger partial charge in [-0.2, -0.15) is 0 Å². The van der Waals surface area contributed by atoms with E-state index >= 15 is 0 Å². The lowest BCUT2D eigenvalue weighted by Crippen LogP contribution is -2.39. The molecule has 0 spiro atoms. The standard InChI is InChI=1S/C5H16NOP2/c1-6(2,3)4-5(8)7-9/h5H,4,8-9H2,1-3H3/q+1. The van der Waals surface area contributed by atoms with E-state index in [2.05, 4.69) is 39.8 Å². The van der Waals surface area contributed by atoms with Gasteiger partial charge in [-0.1, -0.05) is 9.24 Å². The quantitative estimate of drug-likeness (QED) is 0.445. The van der Waals surface area contributed by atoms with Gasteiger partial charge in [-0.3, -0.25) is 0 Å². The number of hydrogen-bond acceptors (Lipinski definition) is 1. The number of likely N-dealkylation sites (N-methyl/N-ethyl adjacent to an activating group) is 1. The van der Waals surface area contributed by atoms with Gasteiger partial charge in [-0.15, -0.1) is 0 Å². The fourth-order valence-corrected chi connectivity index (χ4v) is 1.30. The molecule has 0 aliphatic heterocycles. The molecular weight excluding hydrogens is 152 g/mol. The summed E-state index contributed by atoms with van der Waals surface area (Å²) in [6.45, 7) is 1.01. The van der Waals surface area contributed by atoms with E-state index in [-0.39, 0.29) is 5.85 Å². The third-order valence-electron chi connectivity index (χ3n) is 0.902. The van der Waals surface area contributed by atoms with E-state index in [4.69, 9.17) is 4.52 Å².